The van der Waals surface area contributed by atoms with Gasteiger partial charge in [-0.1, -0.05) is 32.9 Å². The maximum atomic E-state index is 12.9. The Morgan fingerprint density at radius 2 is 1.71 bits per heavy atom. The lowest BCUT2D eigenvalue weighted by molar-refractivity contribution is -0.141. The number of halogens is 3. The first-order valence-electron chi connectivity index (χ1n) is 7.03. The Labute approximate surface area is 136 Å². The van der Waals surface area contributed by atoms with E-state index in [1.807, 2.05) is 32.9 Å². The molecule has 0 fully saturated rings. The van der Waals surface area contributed by atoms with E-state index in [1.165, 1.54) is 0 Å². The fourth-order valence-electron chi connectivity index (χ4n) is 2.00. The van der Waals surface area contributed by atoms with Crippen LogP contribution in [0.2, 0.25) is 0 Å². The summed E-state index contributed by atoms with van der Waals surface area (Å²) in [6.45, 7) is 6.12. The summed E-state index contributed by atoms with van der Waals surface area (Å²) in [5.41, 5.74) is -0.970. The molecule has 1 aromatic heterocycles. The first-order chi connectivity index (χ1) is 11.0. The number of hydrogen-bond acceptors (Lipinski definition) is 4. The third-order valence-corrected chi connectivity index (χ3v) is 3.29. The van der Waals surface area contributed by atoms with Crippen molar-refractivity contribution in [1.82, 2.24) is 9.97 Å². The van der Waals surface area contributed by atoms with Crippen LogP contribution in [0, 0.1) is 0 Å². The number of benzene rings is 1. The molecule has 0 saturated heterocycles. The van der Waals surface area contributed by atoms with Crippen molar-refractivity contribution in [1.29, 1.82) is 0 Å². The molecule has 0 aliphatic rings. The van der Waals surface area contributed by atoms with Crippen LogP contribution < -0.4 is 5.32 Å². The van der Waals surface area contributed by atoms with Crippen molar-refractivity contribution >= 4 is 17.6 Å². The summed E-state index contributed by atoms with van der Waals surface area (Å²) in [7, 11) is 0. The topological polar surface area (TPSA) is 75.1 Å². The summed E-state index contributed by atoms with van der Waals surface area (Å²) in [6, 6.07) is 7.09. The van der Waals surface area contributed by atoms with Gasteiger partial charge in [-0.2, -0.15) is 13.2 Å². The molecule has 0 atom stereocenters. The van der Waals surface area contributed by atoms with Crippen molar-refractivity contribution in [2.75, 3.05) is 5.32 Å². The maximum absolute atomic E-state index is 12.9. The molecule has 0 saturated carbocycles. The maximum Gasteiger partial charge on any atom is 0.434 e. The number of nitrogens with zero attached hydrogens (tertiary/aromatic N) is 2. The summed E-state index contributed by atoms with van der Waals surface area (Å²) in [5, 5.41) is 11.5. The molecule has 2 rings (SSSR count). The van der Waals surface area contributed by atoms with Gasteiger partial charge in [0, 0.05) is 11.9 Å². The van der Waals surface area contributed by atoms with E-state index in [1.54, 1.807) is 12.1 Å². The fraction of sp³-hybridized carbons (Fsp3) is 0.312. The lowest BCUT2D eigenvalue weighted by atomic mass is 9.87. The molecule has 2 N–H and O–H groups in total. The highest BCUT2D eigenvalue weighted by atomic mass is 19.4. The number of carbonyl (C=O) groups is 1. The van der Waals surface area contributed by atoms with Crippen LogP contribution in [0.5, 0.6) is 0 Å². The van der Waals surface area contributed by atoms with E-state index in [-0.39, 0.29) is 11.4 Å². The summed E-state index contributed by atoms with van der Waals surface area (Å²) < 4.78 is 38.8. The molecule has 8 heteroatoms. The van der Waals surface area contributed by atoms with Crippen LogP contribution in [0.1, 0.15) is 42.4 Å². The van der Waals surface area contributed by atoms with Gasteiger partial charge in [0.25, 0.3) is 0 Å². The molecule has 1 aromatic carbocycles. The van der Waals surface area contributed by atoms with Crippen LogP contribution in [0.3, 0.4) is 0 Å². The van der Waals surface area contributed by atoms with Crippen molar-refractivity contribution < 1.29 is 23.1 Å². The average Bonchev–Trinajstić information content (AvgIpc) is 2.45. The van der Waals surface area contributed by atoms with Crippen molar-refractivity contribution in [3.05, 3.63) is 47.3 Å². The smallest absolute Gasteiger partial charge is 0.434 e. The molecule has 0 aliphatic carbocycles. The van der Waals surface area contributed by atoms with Gasteiger partial charge in [0.1, 0.15) is 5.56 Å². The molecule has 0 aliphatic heterocycles. The zero-order chi connectivity index (χ0) is 18.1. The van der Waals surface area contributed by atoms with Gasteiger partial charge < -0.3 is 10.4 Å². The Morgan fingerprint density at radius 1 is 1.12 bits per heavy atom. The minimum atomic E-state index is -4.89. The molecule has 0 spiro atoms. The fourth-order valence-corrected chi connectivity index (χ4v) is 2.00. The van der Waals surface area contributed by atoms with Gasteiger partial charge in [-0.3, -0.25) is 0 Å². The number of aromatic carboxylic acids is 1. The van der Waals surface area contributed by atoms with Gasteiger partial charge in [-0.25, -0.2) is 14.8 Å². The van der Waals surface area contributed by atoms with E-state index < -0.39 is 23.4 Å². The van der Waals surface area contributed by atoms with Gasteiger partial charge in [-0.15, -0.1) is 0 Å². The first-order valence-corrected chi connectivity index (χ1v) is 7.03. The summed E-state index contributed by atoms with van der Waals surface area (Å²) in [4.78, 5) is 17.8. The monoisotopic (exact) mass is 339 g/mol. The molecular formula is C16H16F3N3O2. The number of hydrogen-bond donors (Lipinski definition) is 2. The van der Waals surface area contributed by atoms with Crippen molar-refractivity contribution in [2.45, 2.75) is 32.4 Å². The minimum absolute atomic E-state index is 0.0539. The largest absolute Gasteiger partial charge is 0.478 e. The molecule has 0 unspecified atom stereocenters. The SMILES string of the molecule is CC(C)(C)c1ccc(Nc2ncc(C(=O)O)c(C(F)(F)F)n2)cc1. The molecule has 2 aromatic rings. The number of rotatable bonds is 3. The normalized spacial score (nSPS) is 12.1. The highest BCUT2D eigenvalue weighted by Crippen LogP contribution is 2.31. The summed E-state index contributed by atoms with van der Waals surface area (Å²) in [5.74, 6) is -2.06. The van der Waals surface area contributed by atoms with Crippen LogP contribution in [-0.2, 0) is 11.6 Å². The number of carboxylic acids is 1. The van der Waals surface area contributed by atoms with E-state index in [9.17, 15) is 18.0 Å². The second-order valence-corrected chi connectivity index (χ2v) is 6.21. The third-order valence-electron chi connectivity index (χ3n) is 3.29. The zero-order valence-electron chi connectivity index (χ0n) is 13.3. The van der Waals surface area contributed by atoms with Crippen molar-refractivity contribution in [3.63, 3.8) is 0 Å². The van der Waals surface area contributed by atoms with Gasteiger partial charge in [-0.05, 0) is 23.1 Å². The second-order valence-electron chi connectivity index (χ2n) is 6.21. The van der Waals surface area contributed by atoms with Crippen LogP contribution in [0.25, 0.3) is 0 Å². The van der Waals surface area contributed by atoms with Crippen LogP contribution in [0.4, 0.5) is 24.8 Å². The molecular weight excluding hydrogens is 323 g/mol. The van der Waals surface area contributed by atoms with Gasteiger partial charge in [0.15, 0.2) is 5.69 Å². The predicted octanol–water partition coefficient (Wildman–Crippen LogP) is 4.23. The Morgan fingerprint density at radius 3 is 2.17 bits per heavy atom. The van der Waals surface area contributed by atoms with E-state index in [2.05, 4.69) is 15.3 Å². The lowest BCUT2D eigenvalue weighted by Gasteiger charge is -2.19. The molecule has 24 heavy (non-hydrogen) atoms. The molecule has 0 amide bonds. The minimum Gasteiger partial charge on any atom is -0.478 e. The zero-order valence-corrected chi connectivity index (χ0v) is 13.3. The first kappa shape index (κ1) is 17.7. The van der Waals surface area contributed by atoms with Crippen LogP contribution >= 0.6 is 0 Å². The third kappa shape index (κ3) is 4.01. The molecule has 0 radical (unpaired) electrons. The van der Waals surface area contributed by atoms with Crippen LogP contribution in [0.15, 0.2) is 30.5 Å². The number of anilines is 2. The molecule has 128 valence electrons. The quantitative estimate of drug-likeness (QED) is 0.875. The Bertz CT molecular complexity index is 751. The Balaban J connectivity index is 2.32. The van der Waals surface area contributed by atoms with E-state index in [0.717, 1.165) is 5.56 Å². The lowest BCUT2D eigenvalue weighted by Crippen LogP contribution is -2.17. The standard InChI is InChI=1S/C16H16F3N3O2/c1-15(2,3)9-4-6-10(7-5-9)21-14-20-8-11(13(23)24)12(22-14)16(17,18)19/h4-8H,1-3H3,(H,23,24)(H,20,21,22). The number of nitrogens with one attached hydrogen (secondary N) is 1. The Kier molecular flexibility index (Phi) is 4.50. The molecule has 0 bridgehead atoms. The van der Waals surface area contributed by atoms with Gasteiger partial charge >= 0.3 is 12.1 Å². The highest BCUT2D eigenvalue weighted by Gasteiger charge is 2.38. The summed E-state index contributed by atoms with van der Waals surface area (Å²) in [6.07, 6.45) is -4.24. The molecule has 5 nitrogen and oxygen atoms in total. The number of alkyl halides is 3. The predicted molar refractivity (Wildman–Crippen MR) is 82.4 cm³/mol. The molecule has 1 heterocycles. The van der Waals surface area contributed by atoms with Crippen molar-refractivity contribution in [2.24, 2.45) is 0 Å². The van der Waals surface area contributed by atoms with Gasteiger partial charge in [0.05, 0.1) is 0 Å². The average molecular weight is 339 g/mol. The number of aromatic nitrogens is 2. The summed E-state index contributed by atoms with van der Waals surface area (Å²) >= 11 is 0. The number of carboxylic acid groups (broad SMARTS) is 1. The highest BCUT2D eigenvalue weighted by molar-refractivity contribution is 5.88. The van der Waals surface area contributed by atoms with E-state index in [4.69, 9.17) is 5.11 Å². The van der Waals surface area contributed by atoms with E-state index in [0.29, 0.717) is 11.9 Å². The Hall–Kier alpha value is -2.64. The van der Waals surface area contributed by atoms with E-state index >= 15 is 0 Å². The van der Waals surface area contributed by atoms with Gasteiger partial charge in [0.2, 0.25) is 5.95 Å². The second kappa shape index (κ2) is 6.10. The van der Waals surface area contributed by atoms with Crippen molar-refractivity contribution in [3.8, 4) is 0 Å². The van der Waals surface area contributed by atoms with Crippen LogP contribution in [-0.4, -0.2) is 21.0 Å².